The number of anilines is 2. The van der Waals surface area contributed by atoms with E-state index in [1.807, 2.05) is 0 Å². The number of aldehydes is 1. The first-order valence-corrected chi connectivity index (χ1v) is 9.49. The summed E-state index contributed by atoms with van der Waals surface area (Å²) in [7, 11) is 1.71. The smallest absolute Gasteiger partial charge is 0.319 e. The minimum atomic E-state index is -0.464. The van der Waals surface area contributed by atoms with E-state index < -0.39 is 5.91 Å². The van der Waals surface area contributed by atoms with Gasteiger partial charge in [-0.3, -0.25) is 19.2 Å². The second-order valence-corrected chi connectivity index (χ2v) is 6.88. The van der Waals surface area contributed by atoms with Crippen LogP contribution < -0.4 is 10.2 Å². The predicted molar refractivity (Wildman–Crippen MR) is 112 cm³/mol. The summed E-state index contributed by atoms with van der Waals surface area (Å²) in [6, 6.07) is 4.70. The van der Waals surface area contributed by atoms with Crippen LogP contribution in [0.25, 0.3) is 5.82 Å². The largest absolute Gasteiger partial charge is 0.326 e. The Hall–Kier alpha value is -4.28. The van der Waals surface area contributed by atoms with Gasteiger partial charge >= 0.3 is 6.03 Å². The number of carbonyl (C=O) groups is 3. The fourth-order valence-electron chi connectivity index (χ4n) is 3.26. The molecule has 1 aliphatic rings. The van der Waals surface area contributed by atoms with Crippen molar-refractivity contribution >= 4 is 29.7 Å². The summed E-state index contributed by atoms with van der Waals surface area (Å²) in [5, 5.41) is 11.2. The van der Waals surface area contributed by atoms with E-state index in [0.29, 0.717) is 48.8 Å². The molecule has 1 N–H and O–H groups in total. The number of carbonyl (C=O) groups excluding carboxylic acids is 3. The van der Waals surface area contributed by atoms with Gasteiger partial charge in [-0.2, -0.15) is 10.2 Å². The van der Waals surface area contributed by atoms with Crippen molar-refractivity contribution in [1.82, 2.24) is 29.4 Å². The zero-order valence-electron chi connectivity index (χ0n) is 16.8. The highest BCUT2D eigenvalue weighted by atomic mass is 16.2. The molecule has 158 valence electrons. The molecule has 0 aromatic carbocycles. The van der Waals surface area contributed by atoms with Gasteiger partial charge in [-0.05, 0) is 12.1 Å². The number of amides is 3. The lowest BCUT2D eigenvalue weighted by Crippen LogP contribution is -2.32. The van der Waals surface area contributed by atoms with Crippen LogP contribution in [0.15, 0.2) is 49.4 Å². The highest BCUT2D eigenvalue weighted by molar-refractivity contribution is 6.06. The van der Waals surface area contributed by atoms with E-state index in [1.54, 1.807) is 42.4 Å². The first-order chi connectivity index (χ1) is 15.0. The lowest BCUT2D eigenvalue weighted by molar-refractivity contribution is 0.102. The molecule has 4 heterocycles. The molecule has 0 bridgehead atoms. The molecule has 1 saturated heterocycles. The quantitative estimate of drug-likeness (QED) is 0.457. The topological polar surface area (TPSA) is 118 Å². The van der Waals surface area contributed by atoms with E-state index in [1.165, 1.54) is 26.7 Å². The van der Waals surface area contributed by atoms with E-state index in [9.17, 15) is 14.4 Å². The Labute approximate surface area is 177 Å². The van der Waals surface area contributed by atoms with E-state index in [0.717, 1.165) is 0 Å². The van der Waals surface area contributed by atoms with Crippen LogP contribution in [0, 0.1) is 0 Å². The number of hydrogen-bond donors (Lipinski definition) is 1. The van der Waals surface area contributed by atoms with Crippen LogP contribution >= 0.6 is 0 Å². The van der Waals surface area contributed by atoms with Crippen LogP contribution in [0.4, 0.5) is 16.3 Å². The van der Waals surface area contributed by atoms with Gasteiger partial charge in [0.2, 0.25) is 0 Å². The van der Waals surface area contributed by atoms with Gasteiger partial charge in [0, 0.05) is 32.9 Å². The molecule has 31 heavy (non-hydrogen) atoms. The van der Waals surface area contributed by atoms with Crippen molar-refractivity contribution < 1.29 is 14.4 Å². The van der Waals surface area contributed by atoms with Gasteiger partial charge in [0.15, 0.2) is 17.9 Å². The highest BCUT2D eigenvalue weighted by Crippen LogP contribution is 2.27. The van der Waals surface area contributed by atoms with E-state index in [-0.39, 0.29) is 11.7 Å². The molecular formula is C20H20N8O3. The van der Waals surface area contributed by atoms with Crippen LogP contribution in [0.1, 0.15) is 20.8 Å². The Morgan fingerprint density at radius 2 is 2.13 bits per heavy atom. The maximum atomic E-state index is 12.9. The van der Waals surface area contributed by atoms with Gasteiger partial charge in [-0.1, -0.05) is 12.1 Å². The molecule has 3 aromatic rings. The minimum Gasteiger partial charge on any atom is -0.319 e. The third-order valence-electron chi connectivity index (χ3n) is 4.70. The summed E-state index contributed by atoms with van der Waals surface area (Å²) in [4.78, 5) is 43.9. The van der Waals surface area contributed by atoms with Crippen molar-refractivity contribution in [3.8, 4) is 5.82 Å². The van der Waals surface area contributed by atoms with E-state index in [4.69, 9.17) is 0 Å². The molecule has 1 fully saturated rings. The van der Waals surface area contributed by atoms with Crippen molar-refractivity contribution in [3.05, 3.63) is 60.7 Å². The Morgan fingerprint density at radius 1 is 1.29 bits per heavy atom. The minimum absolute atomic E-state index is 0.150. The molecule has 3 aromatic heterocycles. The monoisotopic (exact) mass is 420 g/mol. The molecule has 11 nitrogen and oxygen atoms in total. The van der Waals surface area contributed by atoms with Crippen molar-refractivity contribution in [3.63, 3.8) is 0 Å². The maximum Gasteiger partial charge on any atom is 0.326 e. The fraction of sp³-hybridized carbons (Fsp3) is 0.200. The van der Waals surface area contributed by atoms with Crippen LogP contribution in [0.2, 0.25) is 0 Å². The van der Waals surface area contributed by atoms with Crippen LogP contribution in [-0.2, 0) is 7.05 Å². The lowest BCUT2D eigenvalue weighted by Gasteiger charge is -2.16. The Morgan fingerprint density at radius 3 is 2.87 bits per heavy atom. The van der Waals surface area contributed by atoms with Crippen molar-refractivity contribution in [1.29, 1.82) is 0 Å². The normalized spacial score (nSPS) is 13.5. The Bertz CT molecular complexity index is 1160. The molecule has 0 saturated carbocycles. The Balaban J connectivity index is 1.56. The van der Waals surface area contributed by atoms with Crippen molar-refractivity contribution in [2.45, 2.75) is 0 Å². The molecule has 0 atom stereocenters. The molecule has 4 rings (SSSR count). The third-order valence-corrected chi connectivity index (χ3v) is 4.70. The number of nitrogens with zero attached hydrogens (tertiary/aromatic N) is 7. The van der Waals surface area contributed by atoms with Gasteiger partial charge < -0.3 is 10.2 Å². The average molecular weight is 420 g/mol. The summed E-state index contributed by atoms with van der Waals surface area (Å²) in [6.07, 6.45) is 6.90. The van der Waals surface area contributed by atoms with E-state index >= 15 is 0 Å². The maximum absolute atomic E-state index is 12.9. The van der Waals surface area contributed by atoms with Gasteiger partial charge in [-0.15, -0.1) is 6.58 Å². The summed E-state index contributed by atoms with van der Waals surface area (Å²) in [5.41, 5.74) is 0.949. The van der Waals surface area contributed by atoms with Crippen molar-refractivity contribution in [2.24, 2.45) is 7.05 Å². The zero-order chi connectivity index (χ0) is 22.0. The van der Waals surface area contributed by atoms with Gasteiger partial charge in [0.05, 0.1) is 18.0 Å². The molecule has 3 amide bonds. The summed E-state index contributed by atoms with van der Waals surface area (Å²) in [6.45, 7) is 5.11. The first-order valence-electron chi connectivity index (χ1n) is 9.49. The number of aromatic nitrogens is 5. The third kappa shape index (κ3) is 3.92. The number of urea groups is 1. The average Bonchev–Trinajstić information content (AvgIpc) is 3.48. The van der Waals surface area contributed by atoms with Gasteiger partial charge in [-0.25, -0.2) is 14.5 Å². The number of rotatable bonds is 7. The second-order valence-electron chi connectivity index (χ2n) is 6.88. The molecule has 11 heteroatoms. The van der Waals surface area contributed by atoms with E-state index in [2.05, 4.69) is 27.1 Å². The fourth-order valence-corrected chi connectivity index (χ4v) is 3.26. The Kier molecular flexibility index (Phi) is 5.31. The molecule has 0 spiro atoms. The summed E-state index contributed by atoms with van der Waals surface area (Å²) in [5.74, 6) is 0.293. The molecule has 0 aliphatic carbocycles. The number of pyridine rings is 1. The SMILES string of the molecule is C=CCN1CCN(c2nn(C)cc2NC(=O)c2cccc(-n3cc(C=O)cn3)n2)C1=O. The number of hydrogen-bond acceptors (Lipinski definition) is 6. The number of nitrogens with one attached hydrogen (secondary N) is 1. The van der Waals surface area contributed by atoms with Crippen LogP contribution in [0.5, 0.6) is 0 Å². The molecule has 1 aliphatic heterocycles. The standard InChI is InChI=1S/C20H20N8O3/c1-3-7-26-8-9-27(20(26)31)18-16(12-25(2)24-18)23-19(30)15-5-4-6-17(22-15)28-11-14(13-29)10-21-28/h3-6,10-13H,1,7-9H2,2H3,(H,23,30). The summed E-state index contributed by atoms with van der Waals surface area (Å²) < 4.78 is 2.94. The molecule has 0 unspecified atom stereocenters. The summed E-state index contributed by atoms with van der Waals surface area (Å²) >= 11 is 0. The van der Waals surface area contributed by atoms with Crippen molar-refractivity contribution in [2.75, 3.05) is 29.9 Å². The van der Waals surface area contributed by atoms with Crippen LogP contribution in [-0.4, -0.2) is 67.3 Å². The number of aryl methyl sites for hydroxylation is 1. The predicted octanol–water partition coefficient (Wildman–Crippen LogP) is 1.49. The van der Waals surface area contributed by atoms with Gasteiger partial charge in [0.25, 0.3) is 5.91 Å². The molecule has 0 radical (unpaired) electrons. The van der Waals surface area contributed by atoms with Gasteiger partial charge in [0.1, 0.15) is 11.4 Å². The highest BCUT2D eigenvalue weighted by Gasteiger charge is 2.32. The molecular weight excluding hydrogens is 400 g/mol. The lowest BCUT2D eigenvalue weighted by atomic mass is 10.3. The second kappa shape index (κ2) is 8.22. The first kappa shape index (κ1) is 20.0. The van der Waals surface area contributed by atoms with Crippen LogP contribution in [0.3, 0.4) is 0 Å². The zero-order valence-corrected chi connectivity index (χ0v) is 16.8.